The number of hydrogen-bond acceptors (Lipinski definition) is 1. The molecule has 1 saturated heterocycles. The molecule has 11 heavy (non-hydrogen) atoms. The Hall–Kier alpha value is -0.0400. The van der Waals surface area contributed by atoms with Gasteiger partial charge in [-0.1, -0.05) is 19.8 Å². The van der Waals surface area contributed by atoms with Crippen LogP contribution in [0.1, 0.15) is 39.5 Å². The summed E-state index contributed by atoms with van der Waals surface area (Å²) >= 11 is 0. The lowest BCUT2D eigenvalue weighted by molar-refractivity contribution is 0.196. The van der Waals surface area contributed by atoms with Gasteiger partial charge in [0.2, 0.25) is 0 Å². The fourth-order valence-corrected chi connectivity index (χ4v) is 1.95. The van der Waals surface area contributed by atoms with Crippen molar-refractivity contribution in [1.82, 2.24) is 4.90 Å². The molecule has 0 bridgehead atoms. The normalized spacial score (nSPS) is 36.3. The fraction of sp³-hybridized carbons (Fsp3) is 1.00. The lowest BCUT2D eigenvalue weighted by atomic mass is 9.94. The van der Waals surface area contributed by atoms with E-state index >= 15 is 0 Å². The zero-order valence-electron chi connectivity index (χ0n) is 8.14. The third-order valence-corrected chi connectivity index (χ3v) is 2.95. The van der Waals surface area contributed by atoms with E-state index in [-0.39, 0.29) is 0 Å². The fourth-order valence-electron chi connectivity index (χ4n) is 1.95. The minimum atomic E-state index is 0.797. The number of rotatable bonds is 0. The second kappa shape index (κ2) is 4.10. The largest absolute Gasteiger partial charge is 0.304 e. The molecule has 0 aliphatic carbocycles. The van der Waals surface area contributed by atoms with Crippen LogP contribution in [0.5, 0.6) is 0 Å². The van der Waals surface area contributed by atoms with E-state index in [1.165, 1.54) is 32.2 Å². The highest BCUT2D eigenvalue weighted by Gasteiger charge is 2.15. The Balaban J connectivity index is 2.38. The molecule has 1 heterocycles. The highest BCUT2D eigenvalue weighted by molar-refractivity contribution is 4.70. The quantitative estimate of drug-likeness (QED) is 0.519. The van der Waals surface area contributed by atoms with Crippen molar-refractivity contribution in [2.24, 2.45) is 5.92 Å². The molecular weight excluding hydrogens is 134 g/mol. The average molecular weight is 155 g/mol. The van der Waals surface area contributed by atoms with E-state index in [0.29, 0.717) is 0 Å². The second-order valence-corrected chi connectivity index (χ2v) is 4.17. The lowest BCUT2D eigenvalue weighted by Crippen LogP contribution is -2.32. The molecule has 1 fully saturated rings. The Bertz CT molecular complexity index is 111. The molecule has 1 aliphatic rings. The molecule has 0 aromatic heterocycles. The van der Waals surface area contributed by atoms with Crippen LogP contribution in [0.3, 0.4) is 0 Å². The SMILES string of the molecule is CC1CCCCN(C)C(C)C1. The van der Waals surface area contributed by atoms with E-state index in [0.717, 1.165) is 12.0 Å². The molecule has 2 unspecified atom stereocenters. The number of hydrogen-bond donors (Lipinski definition) is 0. The molecule has 0 N–H and O–H groups in total. The minimum Gasteiger partial charge on any atom is -0.304 e. The molecule has 2 atom stereocenters. The first kappa shape index (κ1) is 9.05. The van der Waals surface area contributed by atoms with Crippen molar-refractivity contribution in [1.29, 1.82) is 0 Å². The maximum atomic E-state index is 2.50. The Morgan fingerprint density at radius 1 is 1.18 bits per heavy atom. The van der Waals surface area contributed by atoms with Gasteiger partial charge in [0.25, 0.3) is 0 Å². The molecule has 0 radical (unpaired) electrons. The third kappa shape index (κ3) is 2.82. The maximum absolute atomic E-state index is 2.50. The number of likely N-dealkylation sites (tertiary alicyclic amines) is 1. The van der Waals surface area contributed by atoms with Gasteiger partial charge in [0.1, 0.15) is 0 Å². The predicted octanol–water partition coefficient (Wildman–Crippen LogP) is 2.52. The van der Waals surface area contributed by atoms with Crippen molar-refractivity contribution in [2.45, 2.75) is 45.6 Å². The van der Waals surface area contributed by atoms with Crippen LogP contribution in [0.15, 0.2) is 0 Å². The van der Waals surface area contributed by atoms with Crippen LogP contribution in [0, 0.1) is 5.92 Å². The van der Waals surface area contributed by atoms with Crippen LogP contribution in [0.2, 0.25) is 0 Å². The van der Waals surface area contributed by atoms with Gasteiger partial charge in [-0.05, 0) is 39.3 Å². The summed E-state index contributed by atoms with van der Waals surface area (Å²) in [6.45, 7) is 6.03. The second-order valence-electron chi connectivity index (χ2n) is 4.17. The summed E-state index contributed by atoms with van der Waals surface area (Å²) in [5, 5.41) is 0. The monoisotopic (exact) mass is 155 g/mol. The highest BCUT2D eigenvalue weighted by atomic mass is 15.1. The van der Waals surface area contributed by atoms with E-state index < -0.39 is 0 Å². The summed E-state index contributed by atoms with van der Waals surface area (Å²) < 4.78 is 0. The van der Waals surface area contributed by atoms with E-state index in [2.05, 4.69) is 25.8 Å². The van der Waals surface area contributed by atoms with E-state index in [9.17, 15) is 0 Å². The van der Waals surface area contributed by atoms with Crippen LogP contribution < -0.4 is 0 Å². The zero-order valence-corrected chi connectivity index (χ0v) is 8.14. The molecule has 0 aromatic rings. The molecule has 1 aliphatic heterocycles. The standard InChI is InChI=1S/C10H21N/c1-9-6-4-5-7-11(3)10(2)8-9/h9-10H,4-8H2,1-3H3. The van der Waals surface area contributed by atoms with Crippen LogP contribution in [0.25, 0.3) is 0 Å². The van der Waals surface area contributed by atoms with Crippen molar-refractivity contribution < 1.29 is 0 Å². The lowest BCUT2D eigenvalue weighted by Gasteiger charge is -2.29. The van der Waals surface area contributed by atoms with E-state index in [4.69, 9.17) is 0 Å². The van der Waals surface area contributed by atoms with Gasteiger partial charge in [0.15, 0.2) is 0 Å². The van der Waals surface area contributed by atoms with Crippen LogP contribution in [0.4, 0.5) is 0 Å². The van der Waals surface area contributed by atoms with Gasteiger partial charge >= 0.3 is 0 Å². The summed E-state index contributed by atoms with van der Waals surface area (Å²) in [6.07, 6.45) is 5.65. The first-order valence-corrected chi connectivity index (χ1v) is 4.90. The van der Waals surface area contributed by atoms with Gasteiger partial charge in [-0.15, -0.1) is 0 Å². The molecule has 0 spiro atoms. The Kier molecular flexibility index (Phi) is 3.38. The molecule has 0 aromatic carbocycles. The van der Waals surface area contributed by atoms with E-state index in [1.807, 2.05) is 0 Å². The van der Waals surface area contributed by atoms with Gasteiger partial charge in [-0.3, -0.25) is 0 Å². The van der Waals surface area contributed by atoms with Gasteiger partial charge < -0.3 is 4.90 Å². The molecular formula is C10H21N. The van der Waals surface area contributed by atoms with Crippen molar-refractivity contribution in [2.75, 3.05) is 13.6 Å². The zero-order chi connectivity index (χ0) is 8.27. The van der Waals surface area contributed by atoms with Crippen LogP contribution >= 0.6 is 0 Å². The summed E-state index contributed by atoms with van der Waals surface area (Å²) in [5.41, 5.74) is 0. The predicted molar refractivity (Wildman–Crippen MR) is 49.7 cm³/mol. The van der Waals surface area contributed by atoms with Crippen molar-refractivity contribution >= 4 is 0 Å². The van der Waals surface area contributed by atoms with Crippen molar-refractivity contribution in [3.8, 4) is 0 Å². The molecule has 1 nitrogen and oxygen atoms in total. The summed E-state index contributed by atoms with van der Waals surface area (Å²) in [5.74, 6) is 0.938. The third-order valence-electron chi connectivity index (χ3n) is 2.95. The van der Waals surface area contributed by atoms with Crippen molar-refractivity contribution in [3.05, 3.63) is 0 Å². The summed E-state index contributed by atoms with van der Waals surface area (Å²) in [7, 11) is 2.25. The van der Waals surface area contributed by atoms with Crippen LogP contribution in [-0.2, 0) is 0 Å². The molecule has 1 rings (SSSR count). The van der Waals surface area contributed by atoms with Crippen molar-refractivity contribution in [3.63, 3.8) is 0 Å². The molecule has 66 valence electrons. The van der Waals surface area contributed by atoms with Gasteiger partial charge in [-0.25, -0.2) is 0 Å². The first-order chi connectivity index (χ1) is 5.20. The Morgan fingerprint density at radius 3 is 2.64 bits per heavy atom. The molecule has 0 saturated carbocycles. The summed E-state index contributed by atoms with van der Waals surface area (Å²) in [4.78, 5) is 2.50. The van der Waals surface area contributed by atoms with Gasteiger partial charge in [0, 0.05) is 6.04 Å². The topological polar surface area (TPSA) is 3.24 Å². The maximum Gasteiger partial charge on any atom is 0.00664 e. The Morgan fingerprint density at radius 2 is 1.91 bits per heavy atom. The first-order valence-electron chi connectivity index (χ1n) is 4.90. The minimum absolute atomic E-state index is 0.797. The molecule has 0 amide bonds. The highest BCUT2D eigenvalue weighted by Crippen LogP contribution is 2.19. The van der Waals surface area contributed by atoms with Crippen LogP contribution in [-0.4, -0.2) is 24.5 Å². The Labute approximate surface area is 70.8 Å². The van der Waals surface area contributed by atoms with Gasteiger partial charge in [-0.2, -0.15) is 0 Å². The van der Waals surface area contributed by atoms with Gasteiger partial charge in [0.05, 0.1) is 0 Å². The van der Waals surface area contributed by atoms with E-state index in [1.54, 1.807) is 0 Å². The molecule has 1 heteroatoms. The smallest absolute Gasteiger partial charge is 0.00664 e. The average Bonchev–Trinajstić information content (AvgIpc) is 1.95. The number of nitrogens with zero attached hydrogens (tertiary/aromatic N) is 1. The summed E-state index contributed by atoms with van der Waals surface area (Å²) in [6, 6.07) is 0.797.